The number of ether oxygens (including phenoxy) is 1. The Labute approximate surface area is 205 Å². The lowest BCUT2D eigenvalue weighted by Gasteiger charge is -2.58. The smallest absolute Gasteiger partial charge is 0.267 e. The van der Waals surface area contributed by atoms with Crippen molar-refractivity contribution < 1.29 is 14.6 Å². The molecule has 4 rings (SSSR count). The molecule has 1 aromatic carbocycles. The van der Waals surface area contributed by atoms with Crippen molar-refractivity contribution in [3.8, 4) is 5.75 Å². The normalized spacial score (nSPS) is 22.1. The third kappa shape index (κ3) is 4.93. The molecule has 35 heavy (non-hydrogen) atoms. The Bertz CT molecular complexity index is 1060. The second-order valence-corrected chi connectivity index (χ2v) is 9.53. The number of para-hydroxylation sites is 1. The molecule has 0 unspecified atom stereocenters. The van der Waals surface area contributed by atoms with Gasteiger partial charge in [0.1, 0.15) is 5.75 Å². The molecular formula is C25H35N7O3. The fraction of sp³-hybridized carbons (Fsp3) is 0.440. The first-order chi connectivity index (χ1) is 16.8. The maximum atomic E-state index is 13.6. The van der Waals surface area contributed by atoms with Gasteiger partial charge in [0, 0.05) is 94.3 Å². The molecule has 0 bridgehead atoms. The summed E-state index contributed by atoms with van der Waals surface area (Å²) in [6, 6.07) is 6.87. The Morgan fingerprint density at radius 3 is 2.43 bits per heavy atom. The molecular weight excluding hydrogens is 446 g/mol. The molecule has 10 heteroatoms. The SMILES string of the molecule is CN=C/C=C(\N)OC1(C(=O)N2CC3(CNC3)C2)CCN(C(/C=C(\N)c2ccccc2O)=C/N)CC1. The number of nitrogens with two attached hydrogens (primary N) is 3. The molecule has 0 radical (unpaired) electrons. The molecule has 3 saturated heterocycles. The van der Waals surface area contributed by atoms with Crippen molar-refractivity contribution in [2.24, 2.45) is 27.6 Å². The zero-order chi connectivity index (χ0) is 25.1. The van der Waals surface area contributed by atoms with Crippen molar-refractivity contribution in [2.45, 2.75) is 18.4 Å². The molecule has 0 atom stereocenters. The van der Waals surface area contributed by atoms with Gasteiger partial charge in [-0.3, -0.25) is 9.79 Å². The van der Waals surface area contributed by atoms with Crippen molar-refractivity contribution in [3.05, 3.63) is 59.8 Å². The number of benzene rings is 1. The third-order valence-corrected chi connectivity index (χ3v) is 7.06. The van der Waals surface area contributed by atoms with E-state index in [1.54, 1.807) is 49.7 Å². The van der Waals surface area contributed by atoms with E-state index >= 15 is 0 Å². The minimum atomic E-state index is -1.05. The topological polar surface area (TPSA) is 155 Å². The molecule has 10 nitrogen and oxygen atoms in total. The Morgan fingerprint density at radius 2 is 1.86 bits per heavy atom. The number of nitrogens with one attached hydrogen (secondary N) is 1. The quantitative estimate of drug-likeness (QED) is 0.211. The number of allylic oxidation sites excluding steroid dienone is 2. The van der Waals surface area contributed by atoms with Gasteiger partial charge < -0.3 is 42.2 Å². The monoisotopic (exact) mass is 481 g/mol. The lowest BCUT2D eigenvalue weighted by molar-refractivity contribution is -0.174. The van der Waals surface area contributed by atoms with Crippen molar-refractivity contribution >= 4 is 17.8 Å². The fourth-order valence-corrected chi connectivity index (χ4v) is 4.99. The number of hydrogen-bond acceptors (Lipinski definition) is 9. The van der Waals surface area contributed by atoms with Crippen LogP contribution in [0.1, 0.15) is 18.4 Å². The van der Waals surface area contributed by atoms with Crippen LogP contribution in [0.25, 0.3) is 5.70 Å². The van der Waals surface area contributed by atoms with Gasteiger partial charge in [-0.2, -0.15) is 0 Å². The number of rotatable bonds is 7. The van der Waals surface area contributed by atoms with E-state index in [4.69, 9.17) is 21.9 Å². The Balaban J connectivity index is 1.49. The van der Waals surface area contributed by atoms with Crippen LogP contribution in [0.3, 0.4) is 0 Å². The molecule has 0 aliphatic carbocycles. The van der Waals surface area contributed by atoms with Gasteiger partial charge in [0.25, 0.3) is 5.91 Å². The van der Waals surface area contributed by atoms with Crippen molar-refractivity contribution in [1.29, 1.82) is 0 Å². The number of piperidine rings is 1. The molecule has 0 saturated carbocycles. The van der Waals surface area contributed by atoms with Gasteiger partial charge in [0.15, 0.2) is 11.5 Å². The zero-order valence-corrected chi connectivity index (χ0v) is 20.1. The summed E-state index contributed by atoms with van der Waals surface area (Å²) in [6.07, 6.45) is 7.20. The molecule has 1 amide bonds. The van der Waals surface area contributed by atoms with Crippen molar-refractivity contribution in [1.82, 2.24) is 15.1 Å². The van der Waals surface area contributed by atoms with E-state index < -0.39 is 5.60 Å². The van der Waals surface area contributed by atoms with Crippen LogP contribution in [0.15, 0.2) is 59.2 Å². The molecule has 1 aromatic rings. The van der Waals surface area contributed by atoms with Gasteiger partial charge in [0.05, 0.1) is 5.70 Å². The number of likely N-dealkylation sites (tertiary alicyclic amines) is 2. The summed E-state index contributed by atoms with van der Waals surface area (Å²) < 4.78 is 6.14. The van der Waals surface area contributed by atoms with Crippen LogP contribution >= 0.6 is 0 Å². The van der Waals surface area contributed by atoms with Gasteiger partial charge in [-0.25, -0.2) is 0 Å². The largest absolute Gasteiger partial charge is 0.507 e. The highest BCUT2D eigenvalue weighted by Crippen LogP contribution is 2.39. The molecule has 3 fully saturated rings. The number of phenols is 1. The molecule has 3 aliphatic rings. The number of hydrogen-bond donors (Lipinski definition) is 5. The van der Waals surface area contributed by atoms with E-state index in [2.05, 4.69) is 15.2 Å². The van der Waals surface area contributed by atoms with Crippen molar-refractivity contribution in [2.75, 3.05) is 46.3 Å². The van der Waals surface area contributed by atoms with Crippen LogP contribution in [0.2, 0.25) is 0 Å². The first kappa shape index (κ1) is 24.5. The molecule has 3 heterocycles. The fourth-order valence-electron chi connectivity index (χ4n) is 4.99. The number of nitrogens with zero attached hydrogens (tertiary/aromatic N) is 3. The summed E-state index contributed by atoms with van der Waals surface area (Å²) in [5, 5.41) is 13.4. The van der Waals surface area contributed by atoms with E-state index in [1.165, 1.54) is 6.20 Å². The van der Waals surface area contributed by atoms with Crippen LogP contribution in [0.4, 0.5) is 0 Å². The number of aliphatic imine (C=N–C) groups is 1. The van der Waals surface area contributed by atoms with Gasteiger partial charge in [0.2, 0.25) is 0 Å². The highest BCUT2D eigenvalue weighted by Gasteiger charge is 2.55. The van der Waals surface area contributed by atoms with Crippen LogP contribution < -0.4 is 22.5 Å². The number of aromatic hydroxyl groups is 1. The van der Waals surface area contributed by atoms with Gasteiger partial charge in [-0.15, -0.1) is 0 Å². The highest BCUT2D eigenvalue weighted by atomic mass is 16.5. The Hall–Kier alpha value is -3.66. The minimum absolute atomic E-state index is 0.0259. The second kappa shape index (κ2) is 9.91. The van der Waals surface area contributed by atoms with E-state index in [9.17, 15) is 9.90 Å². The molecule has 1 spiro atoms. The van der Waals surface area contributed by atoms with Crippen LogP contribution in [0, 0.1) is 5.41 Å². The first-order valence-electron chi connectivity index (χ1n) is 11.8. The maximum absolute atomic E-state index is 13.6. The van der Waals surface area contributed by atoms with Crippen LogP contribution in [0.5, 0.6) is 5.75 Å². The number of carbonyl (C=O) groups is 1. The summed E-state index contributed by atoms with van der Waals surface area (Å²) in [4.78, 5) is 21.5. The Morgan fingerprint density at radius 1 is 1.17 bits per heavy atom. The van der Waals surface area contributed by atoms with E-state index in [-0.39, 0.29) is 23.0 Å². The number of carbonyl (C=O) groups excluding carboxylic acids is 1. The van der Waals surface area contributed by atoms with Gasteiger partial charge >= 0.3 is 0 Å². The summed E-state index contributed by atoms with van der Waals surface area (Å²) in [5.41, 5.74) is 19.1. The predicted molar refractivity (Wildman–Crippen MR) is 136 cm³/mol. The van der Waals surface area contributed by atoms with E-state index in [0.717, 1.165) is 26.2 Å². The number of phenolic OH excluding ortho intramolecular Hbond substituents is 1. The lowest BCUT2D eigenvalue weighted by atomic mass is 9.73. The summed E-state index contributed by atoms with van der Waals surface area (Å²) in [5.74, 6) is 0.236. The molecule has 8 N–H and O–H groups in total. The molecule has 0 aromatic heterocycles. The highest BCUT2D eigenvalue weighted by molar-refractivity contribution is 5.87. The zero-order valence-electron chi connectivity index (χ0n) is 20.1. The van der Waals surface area contributed by atoms with Gasteiger partial charge in [-0.1, -0.05) is 12.1 Å². The van der Waals surface area contributed by atoms with Crippen molar-refractivity contribution in [3.63, 3.8) is 0 Å². The van der Waals surface area contributed by atoms with Crippen LogP contribution in [-0.4, -0.2) is 78.9 Å². The standard InChI is InChI=1S/C25H35N7O3/c1-29-9-6-22(28)35-25(23(34)32-16-24(17-32)14-30-15-24)7-10-31(11-8-25)18(13-26)12-20(27)19-4-2-3-5-21(19)33/h2-6,9,12-13,30,33H,7-8,10-11,14-17,26-28H2,1H3/b18-13+,20-12-,22-6+,29-9?. The second-order valence-electron chi connectivity index (χ2n) is 9.53. The van der Waals surface area contributed by atoms with E-state index in [1.807, 2.05) is 4.90 Å². The van der Waals surface area contributed by atoms with Gasteiger partial charge in [-0.05, 0) is 18.2 Å². The summed E-state index contributed by atoms with van der Waals surface area (Å²) in [6.45, 7) is 4.42. The average molecular weight is 482 g/mol. The molecule has 3 aliphatic heterocycles. The summed E-state index contributed by atoms with van der Waals surface area (Å²) in [7, 11) is 1.64. The maximum Gasteiger partial charge on any atom is 0.267 e. The Kier molecular flexibility index (Phi) is 6.93. The third-order valence-electron chi connectivity index (χ3n) is 7.06. The predicted octanol–water partition coefficient (Wildman–Crippen LogP) is 0.276. The molecule has 188 valence electrons. The van der Waals surface area contributed by atoms with Crippen LogP contribution in [-0.2, 0) is 9.53 Å². The number of amides is 1. The first-order valence-corrected chi connectivity index (χ1v) is 11.8. The summed E-state index contributed by atoms with van der Waals surface area (Å²) >= 11 is 0. The van der Waals surface area contributed by atoms with E-state index in [0.29, 0.717) is 42.9 Å². The lowest BCUT2D eigenvalue weighted by Crippen LogP contribution is -2.74. The average Bonchev–Trinajstić information content (AvgIpc) is 2.80. The minimum Gasteiger partial charge on any atom is -0.507 e.